The Labute approximate surface area is 267 Å². The lowest BCUT2D eigenvalue weighted by Crippen LogP contribution is -2.74. The highest BCUT2D eigenvalue weighted by Gasteiger charge is 2.56. The molecule has 2 N–H and O–H groups in total. The number of anilines is 3. The van der Waals surface area contributed by atoms with E-state index in [0.717, 1.165) is 5.56 Å². The van der Waals surface area contributed by atoms with Gasteiger partial charge >= 0.3 is 0 Å². The molecule has 4 aromatic rings. The smallest absolute Gasteiger partial charge is 0.257 e. The number of pyridine rings is 1. The van der Waals surface area contributed by atoms with Gasteiger partial charge in [0, 0.05) is 67.3 Å². The van der Waals surface area contributed by atoms with Crippen LogP contribution in [0.25, 0.3) is 22.2 Å². The highest BCUT2D eigenvalue weighted by Crippen LogP contribution is 2.48. The summed E-state index contributed by atoms with van der Waals surface area (Å²) in [4.78, 5) is 28.2. The van der Waals surface area contributed by atoms with Crippen molar-refractivity contribution in [3.05, 3.63) is 64.2 Å². The van der Waals surface area contributed by atoms with Crippen LogP contribution in [0.1, 0.15) is 35.1 Å². The Bertz CT molecular complexity index is 1940. The van der Waals surface area contributed by atoms with Crippen LogP contribution >= 0.6 is 11.3 Å². The van der Waals surface area contributed by atoms with Crippen LogP contribution in [0.5, 0.6) is 0 Å². The third kappa shape index (κ3) is 4.46. The summed E-state index contributed by atoms with van der Waals surface area (Å²) in [5.74, 6) is -1.19. The fourth-order valence-electron chi connectivity index (χ4n) is 7.35. The molecule has 4 aliphatic rings. The Kier molecular flexibility index (Phi) is 6.60. The Hall–Kier alpha value is -4.22. The van der Waals surface area contributed by atoms with Gasteiger partial charge < -0.3 is 29.6 Å². The minimum Gasteiger partial charge on any atom is -0.387 e. The first-order valence-electron chi connectivity index (χ1n) is 15.2. The van der Waals surface area contributed by atoms with Crippen LogP contribution in [0.4, 0.5) is 25.3 Å². The third-order valence-corrected chi connectivity index (χ3v) is 10.8. The molecule has 0 radical (unpaired) electrons. The van der Waals surface area contributed by atoms with Gasteiger partial charge in [-0.2, -0.15) is 5.26 Å². The van der Waals surface area contributed by atoms with E-state index >= 15 is 4.39 Å². The maximum Gasteiger partial charge on any atom is 0.257 e. The van der Waals surface area contributed by atoms with Gasteiger partial charge in [-0.1, -0.05) is 11.3 Å². The Balaban J connectivity index is 1.12. The van der Waals surface area contributed by atoms with Crippen molar-refractivity contribution in [3.63, 3.8) is 0 Å². The molecular formula is C33H30F2N6O4S. The zero-order valence-corrected chi connectivity index (χ0v) is 25.8. The second kappa shape index (κ2) is 10.4. The number of ether oxygens (including phenoxy) is 1. The van der Waals surface area contributed by atoms with Gasteiger partial charge in [0.05, 0.1) is 30.7 Å². The number of fused-ring (bicyclic) bond motifs is 2. The molecule has 46 heavy (non-hydrogen) atoms. The van der Waals surface area contributed by atoms with Crippen LogP contribution in [0.2, 0.25) is 0 Å². The van der Waals surface area contributed by atoms with Gasteiger partial charge in [-0.25, -0.2) is 18.7 Å². The monoisotopic (exact) mass is 644 g/mol. The number of nitrogens with zero attached hydrogens (tertiary/aromatic N) is 6. The average molecular weight is 645 g/mol. The number of halogens is 2. The van der Waals surface area contributed by atoms with Crippen molar-refractivity contribution in [1.29, 1.82) is 5.26 Å². The van der Waals surface area contributed by atoms with Crippen LogP contribution in [-0.4, -0.2) is 83.0 Å². The van der Waals surface area contributed by atoms with Gasteiger partial charge in [0.15, 0.2) is 16.5 Å². The van der Waals surface area contributed by atoms with Crippen molar-refractivity contribution in [2.45, 2.75) is 31.0 Å². The minimum atomic E-state index is -1.44. The summed E-state index contributed by atoms with van der Waals surface area (Å²) < 4.78 is 34.7. The van der Waals surface area contributed by atoms with Crippen molar-refractivity contribution in [2.75, 3.05) is 56.2 Å². The van der Waals surface area contributed by atoms with Gasteiger partial charge in [-0.05, 0) is 49.2 Å². The SMILES string of the molecule is CN(c1nc(-c2ccc(F)cc2)c(C#N)s1)c1c2c(nc3c(F)cc(N4CC5(CN(C(=O)[C@@]6(O)CCOC6)C5)C4)cc13)[C@@H](O)CC2. The Morgan fingerprint density at radius 1 is 1.17 bits per heavy atom. The fourth-order valence-corrected chi connectivity index (χ4v) is 8.21. The van der Waals surface area contributed by atoms with Crippen LogP contribution < -0.4 is 9.80 Å². The van der Waals surface area contributed by atoms with E-state index in [0.29, 0.717) is 95.8 Å². The average Bonchev–Trinajstić information content (AvgIpc) is 3.74. The number of carbonyl (C=O) groups is 1. The predicted octanol–water partition coefficient (Wildman–Crippen LogP) is 4.06. The molecule has 0 bridgehead atoms. The molecule has 5 heterocycles. The summed E-state index contributed by atoms with van der Waals surface area (Å²) >= 11 is 1.18. The predicted molar refractivity (Wildman–Crippen MR) is 167 cm³/mol. The molecule has 3 aliphatic heterocycles. The van der Waals surface area contributed by atoms with E-state index in [2.05, 4.69) is 16.0 Å². The van der Waals surface area contributed by atoms with Crippen LogP contribution in [0.15, 0.2) is 36.4 Å². The molecule has 8 rings (SSSR count). The molecule has 2 atom stereocenters. The number of nitriles is 1. The summed E-state index contributed by atoms with van der Waals surface area (Å²) in [5.41, 5.74) is 2.23. The molecule has 1 aliphatic carbocycles. The number of rotatable bonds is 5. The lowest BCUT2D eigenvalue weighted by atomic mass is 9.72. The van der Waals surface area contributed by atoms with Gasteiger partial charge in [0.25, 0.3) is 5.91 Å². The highest BCUT2D eigenvalue weighted by molar-refractivity contribution is 7.16. The van der Waals surface area contributed by atoms with E-state index in [1.165, 1.54) is 29.5 Å². The zero-order chi connectivity index (χ0) is 32.0. The van der Waals surface area contributed by atoms with E-state index in [1.807, 2.05) is 11.0 Å². The number of thiazole rings is 1. The van der Waals surface area contributed by atoms with Crippen molar-refractivity contribution in [2.24, 2.45) is 5.41 Å². The first-order chi connectivity index (χ1) is 22.1. The Morgan fingerprint density at radius 3 is 2.63 bits per heavy atom. The van der Waals surface area contributed by atoms with Gasteiger partial charge in [0.1, 0.15) is 28.0 Å². The van der Waals surface area contributed by atoms with Crippen molar-refractivity contribution in [3.8, 4) is 17.3 Å². The molecule has 236 valence electrons. The maximum atomic E-state index is 15.9. The van der Waals surface area contributed by atoms with E-state index in [-0.39, 0.29) is 29.3 Å². The molecular weight excluding hydrogens is 614 g/mol. The number of amides is 1. The molecule has 0 saturated carbocycles. The largest absolute Gasteiger partial charge is 0.387 e. The summed E-state index contributed by atoms with van der Waals surface area (Å²) in [6.45, 7) is 2.73. The van der Waals surface area contributed by atoms with E-state index in [1.54, 1.807) is 24.1 Å². The second-order valence-corrected chi connectivity index (χ2v) is 13.9. The van der Waals surface area contributed by atoms with E-state index in [4.69, 9.17) is 9.72 Å². The molecule has 2 aromatic heterocycles. The first-order valence-corrected chi connectivity index (χ1v) is 16.0. The lowest BCUT2D eigenvalue weighted by molar-refractivity contribution is -0.165. The van der Waals surface area contributed by atoms with Crippen LogP contribution in [0, 0.1) is 28.4 Å². The third-order valence-electron chi connectivity index (χ3n) is 9.73. The number of likely N-dealkylation sites (tertiary alicyclic amines) is 1. The van der Waals surface area contributed by atoms with Gasteiger partial charge in [0.2, 0.25) is 0 Å². The number of carbonyl (C=O) groups excluding carboxylic acids is 1. The van der Waals surface area contributed by atoms with E-state index in [9.17, 15) is 24.7 Å². The Morgan fingerprint density at radius 2 is 1.93 bits per heavy atom. The summed E-state index contributed by atoms with van der Waals surface area (Å²) in [6.07, 6.45) is 0.483. The van der Waals surface area contributed by atoms with Crippen molar-refractivity contribution >= 4 is 44.7 Å². The normalized spacial score (nSPS) is 22.9. The fraction of sp³-hybridized carbons (Fsp3) is 0.394. The lowest BCUT2D eigenvalue weighted by Gasteiger charge is -2.61. The number of aliphatic hydroxyl groups is 2. The minimum absolute atomic E-state index is 0.0235. The summed E-state index contributed by atoms with van der Waals surface area (Å²) in [6, 6.07) is 11.4. The standard InChI is InChI=1S/C33H30F2N6O4S/c1-39(31-38-26(25(12-36)46-31)18-2-4-19(34)5-3-18)29-21-6-7-24(42)28(21)37-27-22(29)10-20(11-23(27)35)40-13-32(14-40)15-41(16-32)30(43)33(44)8-9-45-17-33/h2-5,10-11,24,42,44H,6-9,13-17H2,1H3/t24-,33+/m0/s1. The van der Waals surface area contributed by atoms with Crippen molar-refractivity contribution in [1.82, 2.24) is 14.9 Å². The number of hydrogen-bond donors (Lipinski definition) is 2. The molecule has 1 amide bonds. The molecule has 3 saturated heterocycles. The highest BCUT2D eigenvalue weighted by atomic mass is 32.1. The molecule has 10 nitrogen and oxygen atoms in total. The van der Waals surface area contributed by atoms with Gasteiger partial charge in [-0.3, -0.25) is 4.79 Å². The topological polar surface area (TPSA) is 126 Å². The molecule has 1 spiro atoms. The van der Waals surface area contributed by atoms with Crippen LogP contribution in [-0.2, 0) is 16.0 Å². The summed E-state index contributed by atoms with van der Waals surface area (Å²) in [5, 5.41) is 32.3. The molecule has 3 fully saturated rings. The van der Waals surface area contributed by atoms with Gasteiger partial charge in [-0.15, -0.1) is 0 Å². The van der Waals surface area contributed by atoms with E-state index < -0.39 is 17.5 Å². The number of aromatic nitrogens is 2. The number of benzene rings is 2. The zero-order valence-electron chi connectivity index (χ0n) is 25.0. The van der Waals surface area contributed by atoms with Crippen molar-refractivity contribution < 1.29 is 28.5 Å². The number of aliphatic hydroxyl groups excluding tert-OH is 1. The molecule has 13 heteroatoms. The summed E-state index contributed by atoms with van der Waals surface area (Å²) in [7, 11) is 1.81. The molecule has 2 aromatic carbocycles. The second-order valence-electron chi connectivity index (χ2n) is 12.9. The first kappa shape index (κ1) is 29.2. The maximum absolute atomic E-state index is 15.9. The quantitative estimate of drug-likeness (QED) is 0.331. The van der Waals surface area contributed by atoms with Crippen LogP contribution in [0.3, 0.4) is 0 Å². The number of hydrogen-bond acceptors (Lipinski definition) is 10. The molecule has 0 unspecified atom stereocenters.